The van der Waals surface area contributed by atoms with Gasteiger partial charge in [-0.25, -0.2) is 4.79 Å². The quantitative estimate of drug-likeness (QED) is 0.777. The van der Waals surface area contributed by atoms with Crippen molar-refractivity contribution in [3.63, 3.8) is 0 Å². The number of hydrogen-bond acceptors (Lipinski definition) is 4. The molecule has 2 aromatic rings. The molecular weight excluding hydrogens is 332 g/mol. The van der Waals surface area contributed by atoms with Crippen LogP contribution < -0.4 is 10.6 Å². The lowest BCUT2D eigenvalue weighted by Crippen LogP contribution is -2.21. The fourth-order valence-corrected chi connectivity index (χ4v) is 2.41. The normalized spacial score (nSPS) is 10.3. The predicted octanol–water partition coefficient (Wildman–Crippen LogP) is 3.56. The van der Waals surface area contributed by atoms with Gasteiger partial charge in [0.2, 0.25) is 5.91 Å². The first-order chi connectivity index (χ1) is 12.4. The van der Waals surface area contributed by atoms with E-state index in [0.717, 1.165) is 5.56 Å². The largest absolute Gasteiger partial charge is 0.452 e. The molecule has 0 spiro atoms. The molecule has 26 heavy (non-hydrogen) atoms. The third kappa shape index (κ3) is 5.44. The zero-order valence-electron chi connectivity index (χ0n) is 15.0. The molecule has 0 saturated heterocycles. The molecule has 0 atom stereocenters. The summed E-state index contributed by atoms with van der Waals surface area (Å²) in [6.45, 7) is 5.10. The molecule has 0 saturated carbocycles. The standard InChI is InChI=1S/C20H22N2O4/c1-13(2)17-6-4-5-7-18(17)22-19(24)12-26-20(25)15-8-10-16(11-9-15)21-14(3)23/h4-11,13H,12H2,1-3H3,(H,21,23)(H,22,24). The summed E-state index contributed by atoms with van der Waals surface area (Å²) in [4.78, 5) is 35.1. The summed E-state index contributed by atoms with van der Waals surface area (Å²) in [5, 5.41) is 5.37. The van der Waals surface area contributed by atoms with E-state index >= 15 is 0 Å². The number of anilines is 2. The molecule has 2 rings (SSSR count). The minimum absolute atomic E-state index is 0.196. The van der Waals surface area contributed by atoms with Gasteiger partial charge in [-0.15, -0.1) is 0 Å². The molecule has 2 N–H and O–H groups in total. The van der Waals surface area contributed by atoms with Crippen LogP contribution in [0.25, 0.3) is 0 Å². The van der Waals surface area contributed by atoms with E-state index in [1.807, 2.05) is 38.1 Å². The van der Waals surface area contributed by atoms with E-state index in [4.69, 9.17) is 4.74 Å². The monoisotopic (exact) mass is 354 g/mol. The van der Waals surface area contributed by atoms with Crippen LogP contribution in [0.1, 0.15) is 42.6 Å². The Morgan fingerprint density at radius 1 is 0.962 bits per heavy atom. The van der Waals surface area contributed by atoms with Crippen LogP contribution in [-0.4, -0.2) is 24.4 Å². The number of nitrogens with one attached hydrogen (secondary N) is 2. The van der Waals surface area contributed by atoms with E-state index in [1.165, 1.54) is 19.1 Å². The van der Waals surface area contributed by atoms with Gasteiger partial charge < -0.3 is 15.4 Å². The molecule has 2 aromatic carbocycles. The van der Waals surface area contributed by atoms with Gasteiger partial charge in [0.15, 0.2) is 6.61 Å². The van der Waals surface area contributed by atoms with Crippen LogP contribution in [0.4, 0.5) is 11.4 Å². The van der Waals surface area contributed by atoms with E-state index in [-0.39, 0.29) is 18.4 Å². The van der Waals surface area contributed by atoms with Crippen LogP contribution >= 0.6 is 0 Å². The number of hydrogen-bond donors (Lipinski definition) is 2. The number of carbonyl (C=O) groups excluding carboxylic acids is 3. The van der Waals surface area contributed by atoms with E-state index in [1.54, 1.807) is 12.1 Å². The summed E-state index contributed by atoms with van der Waals surface area (Å²) in [5.74, 6) is -0.942. The number of amides is 2. The molecule has 0 fully saturated rings. The Kier molecular flexibility index (Phi) is 6.49. The lowest BCUT2D eigenvalue weighted by atomic mass is 10.0. The minimum atomic E-state index is -0.605. The second-order valence-electron chi connectivity index (χ2n) is 6.12. The van der Waals surface area contributed by atoms with Gasteiger partial charge in [0, 0.05) is 18.3 Å². The molecular formula is C20H22N2O4. The SMILES string of the molecule is CC(=O)Nc1ccc(C(=O)OCC(=O)Nc2ccccc2C(C)C)cc1. The van der Waals surface area contributed by atoms with E-state index < -0.39 is 11.9 Å². The third-order valence-electron chi connectivity index (χ3n) is 3.63. The smallest absolute Gasteiger partial charge is 0.338 e. The molecule has 0 unspecified atom stereocenters. The highest BCUT2D eigenvalue weighted by Crippen LogP contribution is 2.23. The Hall–Kier alpha value is -3.15. The Labute approximate surface area is 152 Å². The minimum Gasteiger partial charge on any atom is -0.452 e. The average Bonchev–Trinajstić information content (AvgIpc) is 2.60. The molecule has 0 bridgehead atoms. The second-order valence-corrected chi connectivity index (χ2v) is 6.12. The summed E-state index contributed by atoms with van der Waals surface area (Å²) < 4.78 is 5.05. The van der Waals surface area contributed by atoms with Crippen LogP contribution in [0, 0.1) is 0 Å². The molecule has 2 amide bonds. The Balaban J connectivity index is 1.91. The van der Waals surface area contributed by atoms with Crippen LogP contribution in [-0.2, 0) is 14.3 Å². The molecule has 6 nitrogen and oxygen atoms in total. The lowest BCUT2D eigenvalue weighted by molar-refractivity contribution is -0.119. The van der Waals surface area contributed by atoms with Crippen molar-refractivity contribution in [1.29, 1.82) is 0 Å². The van der Waals surface area contributed by atoms with Gasteiger partial charge in [-0.3, -0.25) is 9.59 Å². The van der Waals surface area contributed by atoms with Gasteiger partial charge in [0.05, 0.1) is 5.56 Å². The molecule has 0 heterocycles. The third-order valence-corrected chi connectivity index (χ3v) is 3.63. The van der Waals surface area contributed by atoms with Crippen molar-refractivity contribution in [2.75, 3.05) is 17.2 Å². The number of carbonyl (C=O) groups is 3. The maximum atomic E-state index is 12.1. The van der Waals surface area contributed by atoms with Crippen molar-refractivity contribution in [2.24, 2.45) is 0 Å². The number of ether oxygens (including phenoxy) is 1. The van der Waals surface area contributed by atoms with Crippen molar-refractivity contribution in [3.05, 3.63) is 59.7 Å². The number of esters is 1. The summed E-state index contributed by atoms with van der Waals surface area (Å²) >= 11 is 0. The van der Waals surface area contributed by atoms with E-state index in [2.05, 4.69) is 10.6 Å². The van der Waals surface area contributed by atoms with Gasteiger partial charge in [-0.1, -0.05) is 32.0 Å². The molecule has 0 aliphatic rings. The first kappa shape index (κ1) is 19.2. The fourth-order valence-electron chi connectivity index (χ4n) is 2.41. The maximum absolute atomic E-state index is 12.1. The van der Waals surface area contributed by atoms with Gasteiger partial charge in [0.1, 0.15) is 0 Å². The highest BCUT2D eigenvalue weighted by atomic mass is 16.5. The highest BCUT2D eigenvalue weighted by Gasteiger charge is 2.13. The zero-order valence-corrected chi connectivity index (χ0v) is 15.0. The van der Waals surface area contributed by atoms with Crippen LogP contribution in [0.2, 0.25) is 0 Å². The predicted molar refractivity (Wildman–Crippen MR) is 100 cm³/mol. The fraction of sp³-hybridized carbons (Fsp3) is 0.250. The van der Waals surface area contributed by atoms with Gasteiger partial charge >= 0.3 is 5.97 Å². The van der Waals surface area contributed by atoms with Crippen molar-refractivity contribution < 1.29 is 19.1 Å². The first-order valence-corrected chi connectivity index (χ1v) is 8.30. The molecule has 0 aliphatic carbocycles. The van der Waals surface area contributed by atoms with E-state index in [0.29, 0.717) is 16.9 Å². The number of para-hydroxylation sites is 1. The van der Waals surface area contributed by atoms with Crippen LogP contribution in [0.5, 0.6) is 0 Å². The van der Waals surface area contributed by atoms with Crippen LogP contribution in [0.15, 0.2) is 48.5 Å². The van der Waals surface area contributed by atoms with Gasteiger partial charge in [-0.2, -0.15) is 0 Å². The maximum Gasteiger partial charge on any atom is 0.338 e. The van der Waals surface area contributed by atoms with Crippen LogP contribution in [0.3, 0.4) is 0 Å². The van der Waals surface area contributed by atoms with Crippen molar-refractivity contribution >= 4 is 29.2 Å². The molecule has 136 valence electrons. The summed E-state index contributed by atoms with van der Waals surface area (Å²) in [7, 11) is 0. The number of rotatable bonds is 6. The Morgan fingerprint density at radius 2 is 1.62 bits per heavy atom. The molecule has 0 aliphatic heterocycles. The van der Waals surface area contributed by atoms with Gasteiger partial charge in [0.25, 0.3) is 5.91 Å². The lowest BCUT2D eigenvalue weighted by Gasteiger charge is -2.13. The summed E-state index contributed by atoms with van der Waals surface area (Å²) in [5.41, 5.74) is 2.61. The molecule has 0 aromatic heterocycles. The second kappa shape index (κ2) is 8.80. The summed E-state index contributed by atoms with van der Waals surface area (Å²) in [6.07, 6.45) is 0. The summed E-state index contributed by atoms with van der Waals surface area (Å²) in [6, 6.07) is 13.8. The van der Waals surface area contributed by atoms with Crippen molar-refractivity contribution in [3.8, 4) is 0 Å². The molecule has 6 heteroatoms. The van der Waals surface area contributed by atoms with E-state index in [9.17, 15) is 14.4 Å². The Morgan fingerprint density at radius 3 is 2.23 bits per heavy atom. The zero-order chi connectivity index (χ0) is 19.1. The van der Waals surface area contributed by atoms with Crippen molar-refractivity contribution in [2.45, 2.75) is 26.7 Å². The number of benzene rings is 2. The highest BCUT2D eigenvalue weighted by molar-refractivity contribution is 5.96. The first-order valence-electron chi connectivity index (χ1n) is 8.30. The van der Waals surface area contributed by atoms with Gasteiger partial charge in [-0.05, 0) is 41.8 Å². The molecule has 0 radical (unpaired) electrons. The topological polar surface area (TPSA) is 84.5 Å². The van der Waals surface area contributed by atoms with Crippen molar-refractivity contribution in [1.82, 2.24) is 0 Å². The Bertz CT molecular complexity index is 798. The average molecular weight is 354 g/mol.